The van der Waals surface area contributed by atoms with Gasteiger partial charge in [0.15, 0.2) is 0 Å². The van der Waals surface area contributed by atoms with Crippen molar-refractivity contribution in [2.24, 2.45) is 4.99 Å². The summed E-state index contributed by atoms with van der Waals surface area (Å²) in [6.07, 6.45) is -2.72. The van der Waals surface area contributed by atoms with Crippen molar-refractivity contribution in [2.75, 3.05) is 20.8 Å². The van der Waals surface area contributed by atoms with Crippen molar-refractivity contribution in [3.8, 4) is 0 Å². The monoisotopic (exact) mass is 606 g/mol. The van der Waals surface area contributed by atoms with Crippen LogP contribution in [0.4, 0.5) is 14.4 Å². The van der Waals surface area contributed by atoms with E-state index in [1.54, 1.807) is 36.4 Å². The summed E-state index contributed by atoms with van der Waals surface area (Å²) in [6, 6.07) is 27.2. The predicted molar refractivity (Wildman–Crippen MR) is 141 cm³/mol. The Balaban J connectivity index is 0.00000533. The molecular formula is C28H29N4O6Y-. The summed E-state index contributed by atoms with van der Waals surface area (Å²) < 4.78 is 16.0. The Kier molecular flexibility index (Phi) is 13.9. The number of ether oxygens (including phenoxy) is 3. The fraction of sp³-hybridized carbons (Fsp3) is 0.214. The first kappa shape index (κ1) is 31.6. The third-order valence-corrected chi connectivity index (χ3v) is 5.13. The van der Waals surface area contributed by atoms with Gasteiger partial charge in [0.25, 0.3) is 0 Å². The zero-order valence-corrected chi connectivity index (χ0v) is 24.6. The minimum Gasteiger partial charge on any atom is -0.647 e. The number of aliphatic imine (C=N–C) groups is 1. The molecule has 0 aromatic heterocycles. The van der Waals surface area contributed by atoms with Gasteiger partial charge in [-0.2, -0.15) is 7.05 Å². The van der Waals surface area contributed by atoms with Crippen LogP contribution in [0.1, 0.15) is 16.7 Å². The van der Waals surface area contributed by atoms with Gasteiger partial charge in [0.2, 0.25) is 5.96 Å². The molecule has 0 saturated heterocycles. The van der Waals surface area contributed by atoms with Gasteiger partial charge < -0.3 is 19.5 Å². The van der Waals surface area contributed by atoms with Gasteiger partial charge in [0, 0.05) is 39.8 Å². The molecule has 0 fully saturated rings. The molecule has 0 heterocycles. The van der Waals surface area contributed by atoms with Crippen molar-refractivity contribution in [3.05, 3.63) is 113 Å². The number of benzene rings is 3. The average molecular weight is 606 g/mol. The normalized spacial score (nSPS) is 10.6. The average Bonchev–Trinajstić information content (AvgIpc) is 2.96. The topological polar surface area (TPSA) is 112 Å². The molecule has 3 aromatic carbocycles. The molecule has 3 amide bonds. The summed E-state index contributed by atoms with van der Waals surface area (Å²) in [5.41, 5.74) is 2.26. The number of hydrogen-bond donors (Lipinski definition) is 0. The van der Waals surface area contributed by atoms with Crippen LogP contribution in [-0.4, -0.2) is 54.8 Å². The Hall–Kier alpha value is -3.60. The molecule has 201 valence electrons. The van der Waals surface area contributed by atoms with E-state index in [4.69, 9.17) is 14.2 Å². The molecule has 0 aliphatic rings. The van der Waals surface area contributed by atoms with Gasteiger partial charge in [0.1, 0.15) is 19.8 Å². The van der Waals surface area contributed by atoms with Gasteiger partial charge in [0.05, 0.1) is 0 Å². The number of carbonyl (C=O) groups is 3. The van der Waals surface area contributed by atoms with E-state index in [-0.39, 0.29) is 65.2 Å². The first-order valence-corrected chi connectivity index (χ1v) is 11.8. The van der Waals surface area contributed by atoms with E-state index in [2.05, 4.69) is 10.3 Å². The summed E-state index contributed by atoms with van der Waals surface area (Å²) in [4.78, 5) is 44.4. The fourth-order valence-corrected chi connectivity index (χ4v) is 3.19. The van der Waals surface area contributed by atoms with E-state index in [1.165, 1.54) is 14.1 Å². The van der Waals surface area contributed by atoms with Gasteiger partial charge in [-0.1, -0.05) is 97.7 Å². The van der Waals surface area contributed by atoms with E-state index in [1.807, 2.05) is 54.6 Å². The Morgan fingerprint density at radius 2 is 1.10 bits per heavy atom. The Labute approximate surface area is 252 Å². The zero-order chi connectivity index (χ0) is 27.2. The molecule has 0 saturated carbocycles. The molecule has 1 radical (unpaired) electrons. The second-order valence-corrected chi connectivity index (χ2v) is 7.98. The van der Waals surface area contributed by atoms with Crippen LogP contribution in [0, 0.1) is 0 Å². The van der Waals surface area contributed by atoms with Crippen molar-refractivity contribution in [1.29, 1.82) is 0 Å². The Morgan fingerprint density at radius 3 is 1.54 bits per heavy atom. The number of rotatable bonds is 8. The predicted octanol–water partition coefficient (Wildman–Crippen LogP) is 5.55. The van der Waals surface area contributed by atoms with Crippen molar-refractivity contribution >= 4 is 24.2 Å². The number of hydrogen-bond acceptors (Lipinski definition) is 6. The maximum absolute atomic E-state index is 13.0. The molecule has 0 bridgehead atoms. The first-order chi connectivity index (χ1) is 18.5. The van der Waals surface area contributed by atoms with Crippen molar-refractivity contribution in [3.63, 3.8) is 0 Å². The molecule has 0 aliphatic carbocycles. The van der Waals surface area contributed by atoms with E-state index in [9.17, 15) is 14.4 Å². The van der Waals surface area contributed by atoms with Crippen LogP contribution in [-0.2, 0) is 66.7 Å². The summed E-state index contributed by atoms with van der Waals surface area (Å²) in [7, 11) is 2.79. The molecule has 39 heavy (non-hydrogen) atoms. The summed E-state index contributed by atoms with van der Waals surface area (Å²) >= 11 is 0. The molecule has 3 rings (SSSR count). The third kappa shape index (κ3) is 10.6. The van der Waals surface area contributed by atoms with E-state index < -0.39 is 18.3 Å². The van der Waals surface area contributed by atoms with Crippen molar-refractivity contribution in [1.82, 2.24) is 9.80 Å². The minimum atomic E-state index is -1.01. The maximum atomic E-state index is 13.0. The molecule has 10 nitrogen and oxygen atoms in total. The maximum Gasteiger partial charge on any atom is 0.437 e. The molecule has 0 N–H and O–H groups in total. The third-order valence-electron chi connectivity index (χ3n) is 5.13. The first-order valence-electron chi connectivity index (χ1n) is 11.8. The Morgan fingerprint density at radius 1 is 0.692 bits per heavy atom. The molecule has 0 unspecified atom stereocenters. The van der Waals surface area contributed by atoms with Gasteiger partial charge in [-0.05, 0) is 16.7 Å². The zero-order valence-electron chi connectivity index (χ0n) is 21.8. The van der Waals surface area contributed by atoms with Gasteiger partial charge in [-0.3, -0.25) is 4.90 Å². The molecule has 0 aliphatic heterocycles. The van der Waals surface area contributed by atoms with E-state index in [0.717, 1.165) is 26.5 Å². The second-order valence-electron chi connectivity index (χ2n) is 7.98. The van der Waals surface area contributed by atoms with Crippen LogP contribution in [0.5, 0.6) is 0 Å². The van der Waals surface area contributed by atoms with Crippen LogP contribution >= 0.6 is 0 Å². The van der Waals surface area contributed by atoms with Gasteiger partial charge in [-0.15, -0.1) is 4.99 Å². The SMILES string of the molecule is C[N-]CN(C(=O)OCc1ccccc1)/C(=N/C(=O)OCc1ccccc1)N(C)C(=O)OCc1ccccc1.[Y]. The number of nitrogens with zero attached hydrogens (tertiary/aromatic N) is 4. The van der Waals surface area contributed by atoms with E-state index in [0.29, 0.717) is 0 Å². The van der Waals surface area contributed by atoms with Crippen LogP contribution in [0.2, 0.25) is 0 Å². The minimum absolute atomic E-state index is 0. The number of carbonyl (C=O) groups excluding carboxylic acids is 3. The van der Waals surface area contributed by atoms with Crippen LogP contribution < -0.4 is 0 Å². The van der Waals surface area contributed by atoms with Crippen LogP contribution in [0.3, 0.4) is 0 Å². The second kappa shape index (κ2) is 17.1. The summed E-state index contributed by atoms with van der Waals surface area (Å²) in [5, 5.41) is 3.98. The molecule has 0 spiro atoms. The quantitative estimate of drug-likeness (QED) is 0.189. The van der Waals surface area contributed by atoms with Crippen LogP contribution in [0.25, 0.3) is 5.32 Å². The van der Waals surface area contributed by atoms with E-state index >= 15 is 0 Å². The smallest absolute Gasteiger partial charge is 0.437 e. The van der Waals surface area contributed by atoms with Gasteiger partial charge >= 0.3 is 18.3 Å². The molecular weight excluding hydrogens is 577 g/mol. The van der Waals surface area contributed by atoms with Gasteiger partial charge in [-0.25, -0.2) is 19.3 Å². The fourth-order valence-electron chi connectivity index (χ4n) is 3.19. The molecule has 0 atom stereocenters. The summed E-state index contributed by atoms with van der Waals surface area (Å²) in [5.74, 6) is -0.357. The standard InChI is InChI=1S/C28H29N4O6.Y/c1-29-21-32(28(35)38-20-24-16-10-5-11-17-24)25(30-26(33)36-18-22-12-6-3-7-13-22)31(2)27(34)37-19-23-14-8-4-9-15-23;/h3-17H,18-21H2,1-2H3;/q-1;/b30-25+;. The molecule has 3 aromatic rings. The summed E-state index contributed by atoms with van der Waals surface area (Å²) in [6.45, 7) is -0.343. The Bertz CT molecular complexity index is 1210. The molecule has 11 heteroatoms. The number of guanidine groups is 1. The van der Waals surface area contributed by atoms with Crippen molar-refractivity contribution < 1.29 is 61.3 Å². The van der Waals surface area contributed by atoms with Crippen LogP contribution in [0.15, 0.2) is 96.0 Å². The number of amides is 3. The largest absolute Gasteiger partial charge is 0.647 e. The van der Waals surface area contributed by atoms with Crippen molar-refractivity contribution in [2.45, 2.75) is 19.8 Å².